The van der Waals surface area contributed by atoms with Gasteiger partial charge in [-0.1, -0.05) is 0 Å². The second-order valence-corrected chi connectivity index (χ2v) is 7.09. The number of hydrogen-bond donors (Lipinski definition) is 0. The molecule has 7 nitrogen and oxygen atoms in total. The van der Waals surface area contributed by atoms with Crippen LogP contribution >= 0.6 is 11.3 Å². The molecule has 0 atom stereocenters. The fourth-order valence-electron chi connectivity index (χ4n) is 3.05. The number of amides is 1. The average molecular weight is 357 g/mol. The third kappa shape index (κ3) is 2.97. The van der Waals surface area contributed by atoms with E-state index in [-0.39, 0.29) is 18.4 Å². The van der Waals surface area contributed by atoms with E-state index < -0.39 is 0 Å². The molecule has 0 aromatic carbocycles. The summed E-state index contributed by atoms with van der Waals surface area (Å²) in [6.07, 6.45) is 0.265. The molecule has 25 heavy (non-hydrogen) atoms. The molecular formula is C17H19N5O2S. The van der Waals surface area contributed by atoms with E-state index in [0.29, 0.717) is 30.4 Å². The lowest BCUT2D eigenvalue weighted by atomic mass is 10.1. The summed E-state index contributed by atoms with van der Waals surface area (Å²) in [5.74, 6) is 3.01. The Bertz CT molecular complexity index is 906. The third-order valence-electron chi connectivity index (χ3n) is 4.45. The molecule has 4 heterocycles. The number of hydrogen-bond acceptors (Lipinski definition) is 6. The molecule has 0 saturated carbocycles. The van der Waals surface area contributed by atoms with Gasteiger partial charge in [0.25, 0.3) is 0 Å². The Labute approximate surface area is 149 Å². The highest BCUT2D eigenvalue weighted by Gasteiger charge is 2.34. The molecular weight excluding hydrogens is 338 g/mol. The number of aryl methyl sites for hydroxylation is 3. The number of carbonyl (C=O) groups excluding carboxylic acids is 1. The van der Waals surface area contributed by atoms with Crippen molar-refractivity contribution in [3.63, 3.8) is 0 Å². The van der Waals surface area contributed by atoms with E-state index in [1.807, 2.05) is 47.2 Å². The number of likely N-dealkylation sites (tertiary alicyclic amines) is 1. The molecule has 1 aliphatic heterocycles. The molecule has 0 unspecified atom stereocenters. The molecule has 0 spiro atoms. The van der Waals surface area contributed by atoms with E-state index in [4.69, 9.17) is 4.42 Å². The van der Waals surface area contributed by atoms with Crippen molar-refractivity contribution in [2.45, 2.75) is 33.2 Å². The summed E-state index contributed by atoms with van der Waals surface area (Å²) in [7, 11) is 0. The van der Waals surface area contributed by atoms with Crippen molar-refractivity contribution in [1.82, 2.24) is 24.6 Å². The SMILES string of the molecule is Cc1nc(C)n(C2CN(C(=O)Cc3nc(-c4ccsc4)oc3C)C2)n1. The standard InChI is InChI=1S/C17H19N5O2S/c1-10-15(19-17(24-10)13-4-5-25-9-13)6-16(23)21-7-14(8-21)22-12(3)18-11(2)20-22/h4-5,9,14H,6-8H2,1-3H3. The Kier molecular flexibility index (Phi) is 3.91. The molecule has 1 aliphatic rings. The summed E-state index contributed by atoms with van der Waals surface area (Å²) in [6.45, 7) is 7.00. The van der Waals surface area contributed by atoms with Crippen molar-refractivity contribution in [2.75, 3.05) is 13.1 Å². The van der Waals surface area contributed by atoms with Crippen LogP contribution in [-0.2, 0) is 11.2 Å². The molecule has 1 saturated heterocycles. The van der Waals surface area contributed by atoms with Gasteiger partial charge < -0.3 is 9.32 Å². The molecule has 3 aromatic heterocycles. The number of aromatic nitrogens is 4. The van der Waals surface area contributed by atoms with Crippen LogP contribution in [0.5, 0.6) is 0 Å². The van der Waals surface area contributed by atoms with Crippen molar-refractivity contribution < 1.29 is 9.21 Å². The fourth-order valence-corrected chi connectivity index (χ4v) is 3.68. The first-order chi connectivity index (χ1) is 12.0. The maximum atomic E-state index is 12.5. The lowest BCUT2D eigenvalue weighted by Gasteiger charge is -2.39. The van der Waals surface area contributed by atoms with Crippen LogP contribution in [0.25, 0.3) is 11.5 Å². The van der Waals surface area contributed by atoms with Crippen molar-refractivity contribution >= 4 is 17.2 Å². The van der Waals surface area contributed by atoms with E-state index in [0.717, 1.165) is 17.2 Å². The minimum absolute atomic E-state index is 0.0685. The summed E-state index contributed by atoms with van der Waals surface area (Å²) >= 11 is 1.59. The van der Waals surface area contributed by atoms with Gasteiger partial charge in [0.05, 0.1) is 18.2 Å². The van der Waals surface area contributed by atoms with Crippen LogP contribution < -0.4 is 0 Å². The van der Waals surface area contributed by atoms with Gasteiger partial charge in [-0.2, -0.15) is 16.4 Å². The zero-order valence-electron chi connectivity index (χ0n) is 14.4. The van der Waals surface area contributed by atoms with Crippen molar-refractivity contribution in [1.29, 1.82) is 0 Å². The molecule has 8 heteroatoms. The molecule has 1 fully saturated rings. The highest BCUT2D eigenvalue weighted by Crippen LogP contribution is 2.26. The molecule has 130 valence electrons. The maximum absolute atomic E-state index is 12.5. The molecule has 3 aromatic rings. The van der Waals surface area contributed by atoms with Crippen LogP contribution in [0.3, 0.4) is 0 Å². The first kappa shape index (κ1) is 16.0. The van der Waals surface area contributed by atoms with Crippen LogP contribution in [0, 0.1) is 20.8 Å². The molecule has 0 bridgehead atoms. The number of carbonyl (C=O) groups is 1. The van der Waals surface area contributed by atoms with E-state index in [9.17, 15) is 4.79 Å². The van der Waals surface area contributed by atoms with Gasteiger partial charge in [-0.3, -0.25) is 4.79 Å². The zero-order chi connectivity index (χ0) is 17.6. The predicted molar refractivity (Wildman–Crippen MR) is 93.4 cm³/mol. The topological polar surface area (TPSA) is 77.0 Å². The van der Waals surface area contributed by atoms with Crippen LogP contribution in [0.4, 0.5) is 0 Å². The molecule has 0 aliphatic carbocycles. The Hall–Kier alpha value is -2.48. The summed E-state index contributed by atoms with van der Waals surface area (Å²) < 4.78 is 7.61. The molecule has 0 N–H and O–H groups in total. The smallest absolute Gasteiger partial charge is 0.228 e. The van der Waals surface area contributed by atoms with Gasteiger partial charge in [-0.15, -0.1) is 0 Å². The van der Waals surface area contributed by atoms with Gasteiger partial charge in [0.1, 0.15) is 17.4 Å². The van der Waals surface area contributed by atoms with Gasteiger partial charge in [0.2, 0.25) is 11.8 Å². The summed E-state index contributed by atoms with van der Waals surface area (Å²) in [5.41, 5.74) is 1.66. The number of rotatable bonds is 4. The monoisotopic (exact) mass is 357 g/mol. The minimum Gasteiger partial charge on any atom is -0.441 e. The number of thiophene rings is 1. The Balaban J connectivity index is 1.40. The van der Waals surface area contributed by atoms with Gasteiger partial charge in [0, 0.05) is 24.0 Å². The van der Waals surface area contributed by atoms with Crippen molar-refractivity contribution in [3.8, 4) is 11.5 Å². The minimum atomic E-state index is 0.0685. The van der Waals surface area contributed by atoms with E-state index >= 15 is 0 Å². The quantitative estimate of drug-likeness (QED) is 0.717. The first-order valence-corrected chi connectivity index (χ1v) is 9.12. The van der Waals surface area contributed by atoms with Crippen molar-refractivity contribution in [3.05, 3.63) is 39.9 Å². The highest BCUT2D eigenvalue weighted by atomic mass is 32.1. The molecule has 0 radical (unpaired) electrons. The zero-order valence-corrected chi connectivity index (χ0v) is 15.2. The van der Waals surface area contributed by atoms with Crippen LogP contribution in [0.1, 0.15) is 29.1 Å². The summed E-state index contributed by atoms with van der Waals surface area (Å²) in [6, 6.07) is 2.18. The largest absolute Gasteiger partial charge is 0.441 e. The second kappa shape index (κ2) is 6.11. The Morgan fingerprint density at radius 3 is 2.76 bits per heavy atom. The average Bonchev–Trinajstić information content (AvgIpc) is 3.21. The van der Waals surface area contributed by atoms with Crippen LogP contribution in [-0.4, -0.2) is 43.6 Å². The van der Waals surface area contributed by atoms with Gasteiger partial charge >= 0.3 is 0 Å². The van der Waals surface area contributed by atoms with Crippen LogP contribution in [0.15, 0.2) is 21.2 Å². The molecule has 4 rings (SSSR count). The number of nitrogens with zero attached hydrogens (tertiary/aromatic N) is 5. The lowest BCUT2D eigenvalue weighted by molar-refractivity contribution is -0.136. The Morgan fingerprint density at radius 1 is 1.32 bits per heavy atom. The van der Waals surface area contributed by atoms with Gasteiger partial charge in [-0.05, 0) is 32.2 Å². The lowest BCUT2D eigenvalue weighted by Crippen LogP contribution is -2.51. The van der Waals surface area contributed by atoms with Crippen LogP contribution in [0.2, 0.25) is 0 Å². The van der Waals surface area contributed by atoms with Crippen molar-refractivity contribution in [2.24, 2.45) is 0 Å². The maximum Gasteiger partial charge on any atom is 0.228 e. The van der Waals surface area contributed by atoms with E-state index in [1.165, 1.54) is 0 Å². The fraction of sp³-hybridized carbons (Fsp3) is 0.412. The second-order valence-electron chi connectivity index (χ2n) is 6.31. The summed E-state index contributed by atoms with van der Waals surface area (Å²) in [5, 5.41) is 8.36. The molecule has 1 amide bonds. The van der Waals surface area contributed by atoms with Gasteiger partial charge in [0.15, 0.2) is 0 Å². The summed E-state index contributed by atoms with van der Waals surface area (Å²) in [4.78, 5) is 23.2. The Morgan fingerprint density at radius 2 is 2.12 bits per heavy atom. The highest BCUT2D eigenvalue weighted by molar-refractivity contribution is 7.08. The number of oxazole rings is 1. The first-order valence-electron chi connectivity index (χ1n) is 8.17. The normalized spacial score (nSPS) is 14.8. The third-order valence-corrected chi connectivity index (χ3v) is 5.13. The van der Waals surface area contributed by atoms with E-state index in [1.54, 1.807) is 11.3 Å². The predicted octanol–water partition coefficient (Wildman–Crippen LogP) is 2.55. The van der Waals surface area contributed by atoms with E-state index in [2.05, 4.69) is 15.1 Å². The van der Waals surface area contributed by atoms with Gasteiger partial charge in [-0.25, -0.2) is 14.6 Å².